The summed E-state index contributed by atoms with van der Waals surface area (Å²) in [6.45, 7) is 7.86. The van der Waals surface area contributed by atoms with Crippen LogP contribution in [0.5, 0.6) is 0 Å². The minimum absolute atomic E-state index is 0.0793. The number of nitrogens with one attached hydrogen (secondary N) is 1. The lowest BCUT2D eigenvalue weighted by atomic mass is 10.0. The van der Waals surface area contributed by atoms with E-state index in [1.807, 2.05) is 13.8 Å². The van der Waals surface area contributed by atoms with Crippen molar-refractivity contribution >= 4 is 16.9 Å². The molecule has 0 atom stereocenters. The summed E-state index contributed by atoms with van der Waals surface area (Å²) in [7, 11) is 0. The first-order valence-electron chi connectivity index (χ1n) is 7.51. The van der Waals surface area contributed by atoms with Gasteiger partial charge in [-0.15, -0.1) is 0 Å². The van der Waals surface area contributed by atoms with Crippen molar-refractivity contribution in [3.63, 3.8) is 0 Å². The minimum Gasteiger partial charge on any atom is -0.404 e. The third-order valence-corrected chi connectivity index (χ3v) is 3.73. The number of aromatic nitrogens is 2. The first-order valence-corrected chi connectivity index (χ1v) is 7.51. The highest BCUT2D eigenvalue weighted by Gasteiger charge is 2.12. The Morgan fingerprint density at radius 2 is 2.04 bits per heavy atom. The molecule has 1 aromatic heterocycles. The van der Waals surface area contributed by atoms with Gasteiger partial charge in [-0.2, -0.15) is 5.10 Å². The lowest BCUT2D eigenvalue weighted by Crippen LogP contribution is -2.04. The van der Waals surface area contributed by atoms with E-state index in [1.54, 1.807) is 6.20 Å². The zero-order chi connectivity index (χ0) is 17.7. The molecule has 0 aliphatic heterocycles. The lowest BCUT2D eigenvalue weighted by molar-refractivity contribution is 0.576. The fourth-order valence-corrected chi connectivity index (χ4v) is 2.41. The smallest absolute Gasteiger partial charge is 0.133 e. The number of aryl methyl sites for hydroxylation is 1. The SMILES string of the molecule is C=C(CCN=C(C)/C(=C\N)c1[nH]ncc1C)c1c(F)cccc1F. The van der Waals surface area contributed by atoms with E-state index < -0.39 is 11.6 Å². The van der Waals surface area contributed by atoms with Gasteiger partial charge in [-0.25, -0.2) is 8.78 Å². The van der Waals surface area contributed by atoms with Gasteiger partial charge in [-0.05, 0) is 43.5 Å². The highest BCUT2D eigenvalue weighted by molar-refractivity contribution is 6.22. The fraction of sp³-hybridized carbons (Fsp3) is 0.222. The molecular formula is C18H20F2N4. The number of nitrogens with two attached hydrogens (primary N) is 1. The Hall–Kier alpha value is -2.76. The molecule has 0 saturated heterocycles. The molecule has 4 nitrogen and oxygen atoms in total. The molecule has 1 heterocycles. The van der Waals surface area contributed by atoms with Crippen LogP contribution in [-0.4, -0.2) is 22.5 Å². The van der Waals surface area contributed by atoms with Crippen LogP contribution in [0, 0.1) is 18.6 Å². The van der Waals surface area contributed by atoms with Gasteiger partial charge in [-0.1, -0.05) is 12.6 Å². The van der Waals surface area contributed by atoms with Crippen LogP contribution in [0.2, 0.25) is 0 Å². The molecule has 0 fully saturated rings. The van der Waals surface area contributed by atoms with E-state index in [-0.39, 0.29) is 5.56 Å². The zero-order valence-corrected chi connectivity index (χ0v) is 13.7. The number of aromatic amines is 1. The number of allylic oxidation sites excluding steroid dienone is 1. The van der Waals surface area contributed by atoms with Crippen molar-refractivity contribution in [2.75, 3.05) is 6.54 Å². The van der Waals surface area contributed by atoms with Crippen molar-refractivity contribution in [3.8, 4) is 0 Å². The average Bonchev–Trinajstić information content (AvgIpc) is 2.94. The van der Waals surface area contributed by atoms with Crippen LogP contribution in [0.15, 0.2) is 42.2 Å². The first kappa shape index (κ1) is 17.6. The van der Waals surface area contributed by atoms with E-state index in [1.165, 1.54) is 24.4 Å². The van der Waals surface area contributed by atoms with Gasteiger partial charge in [0.1, 0.15) is 11.6 Å². The Labute approximate surface area is 139 Å². The normalized spacial score (nSPS) is 12.5. The third-order valence-electron chi connectivity index (χ3n) is 3.73. The molecule has 24 heavy (non-hydrogen) atoms. The Kier molecular flexibility index (Phi) is 5.63. The second kappa shape index (κ2) is 7.68. The van der Waals surface area contributed by atoms with Crippen molar-refractivity contribution in [2.24, 2.45) is 10.7 Å². The van der Waals surface area contributed by atoms with Crippen LogP contribution in [0.25, 0.3) is 11.1 Å². The molecule has 0 aliphatic carbocycles. The van der Waals surface area contributed by atoms with Crippen molar-refractivity contribution in [3.05, 3.63) is 65.6 Å². The van der Waals surface area contributed by atoms with Gasteiger partial charge in [0.15, 0.2) is 0 Å². The highest BCUT2D eigenvalue weighted by Crippen LogP contribution is 2.23. The van der Waals surface area contributed by atoms with Gasteiger partial charge < -0.3 is 5.73 Å². The number of hydrogen-bond donors (Lipinski definition) is 2. The average molecular weight is 330 g/mol. The molecule has 0 radical (unpaired) electrons. The van der Waals surface area contributed by atoms with Crippen molar-refractivity contribution in [1.29, 1.82) is 0 Å². The molecular weight excluding hydrogens is 310 g/mol. The number of halogens is 2. The number of H-pyrrole nitrogens is 1. The number of benzene rings is 1. The molecule has 1 aromatic carbocycles. The molecule has 0 amide bonds. The Balaban J connectivity index is 2.08. The largest absolute Gasteiger partial charge is 0.404 e. The van der Waals surface area contributed by atoms with E-state index in [0.717, 1.165) is 16.8 Å². The van der Waals surface area contributed by atoms with Crippen molar-refractivity contribution in [2.45, 2.75) is 20.3 Å². The molecule has 3 N–H and O–H groups in total. The summed E-state index contributed by atoms with van der Waals surface area (Å²) < 4.78 is 27.5. The Morgan fingerprint density at radius 1 is 1.38 bits per heavy atom. The molecule has 2 aromatic rings. The monoisotopic (exact) mass is 330 g/mol. The summed E-state index contributed by atoms with van der Waals surface area (Å²) >= 11 is 0. The molecule has 6 heteroatoms. The number of nitrogens with zero attached hydrogens (tertiary/aromatic N) is 2. The van der Waals surface area contributed by atoms with E-state index >= 15 is 0 Å². The molecule has 0 unspecified atom stereocenters. The number of rotatable bonds is 6. The molecule has 0 spiro atoms. The summed E-state index contributed by atoms with van der Waals surface area (Å²) in [5.74, 6) is -1.23. The second-order valence-corrected chi connectivity index (χ2v) is 5.43. The summed E-state index contributed by atoms with van der Waals surface area (Å²) in [6, 6.07) is 3.76. The summed E-state index contributed by atoms with van der Waals surface area (Å²) in [6.07, 6.45) is 3.51. The number of hydrogen-bond acceptors (Lipinski definition) is 3. The maximum absolute atomic E-state index is 13.7. The molecule has 126 valence electrons. The summed E-state index contributed by atoms with van der Waals surface area (Å²) in [5, 5.41) is 6.85. The molecule has 0 saturated carbocycles. The fourth-order valence-electron chi connectivity index (χ4n) is 2.41. The maximum Gasteiger partial charge on any atom is 0.133 e. The van der Waals surface area contributed by atoms with Crippen LogP contribution in [0.1, 0.15) is 30.2 Å². The van der Waals surface area contributed by atoms with E-state index in [2.05, 4.69) is 21.8 Å². The Bertz CT molecular complexity index is 783. The van der Waals surface area contributed by atoms with Gasteiger partial charge in [0.2, 0.25) is 0 Å². The van der Waals surface area contributed by atoms with Crippen LogP contribution < -0.4 is 5.73 Å². The van der Waals surface area contributed by atoms with Crippen LogP contribution >= 0.6 is 0 Å². The highest BCUT2D eigenvalue weighted by atomic mass is 19.1. The van der Waals surface area contributed by atoms with Gasteiger partial charge in [0.05, 0.1) is 11.9 Å². The molecule has 0 aliphatic rings. The van der Waals surface area contributed by atoms with Crippen molar-refractivity contribution < 1.29 is 8.78 Å². The van der Waals surface area contributed by atoms with Gasteiger partial charge in [-0.3, -0.25) is 10.1 Å². The van der Waals surface area contributed by atoms with Crippen LogP contribution in [-0.2, 0) is 0 Å². The van der Waals surface area contributed by atoms with Crippen LogP contribution in [0.3, 0.4) is 0 Å². The van der Waals surface area contributed by atoms with Gasteiger partial charge in [0.25, 0.3) is 0 Å². The van der Waals surface area contributed by atoms with E-state index in [4.69, 9.17) is 5.73 Å². The third kappa shape index (κ3) is 3.76. The topological polar surface area (TPSA) is 67.1 Å². The summed E-state index contributed by atoms with van der Waals surface area (Å²) in [4.78, 5) is 4.43. The first-order chi connectivity index (χ1) is 11.5. The quantitative estimate of drug-likeness (QED) is 0.790. The molecule has 2 rings (SSSR count). The Morgan fingerprint density at radius 3 is 2.58 bits per heavy atom. The van der Waals surface area contributed by atoms with Gasteiger partial charge >= 0.3 is 0 Å². The minimum atomic E-state index is -0.615. The van der Waals surface area contributed by atoms with Crippen molar-refractivity contribution in [1.82, 2.24) is 10.2 Å². The second-order valence-electron chi connectivity index (χ2n) is 5.43. The maximum atomic E-state index is 13.7. The predicted molar refractivity (Wildman–Crippen MR) is 93.5 cm³/mol. The summed E-state index contributed by atoms with van der Waals surface area (Å²) in [5.41, 5.74) is 9.20. The number of aliphatic imine (C=N–C) groups is 1. The zero-order valence-electron chi connectivity index (χ0n) is 13.7. The van der Waals surface area contributed by atoms with E-state index in [9.17, 15) is 8.78 Å². The van der Waals surface area contributed by atoms with Gasteiger partial charge in [0, 0.05) is 29.6 Å². The van der Waals surface area contributed by atoms with E-state index in [0.29, 0.717) is 24.3 Å². The van der Waals surface area contributed by atoms with Crippen LogP contribution in [0.4, 0.5) is 8.78 Å². The predicted octanol–water partition coefficient (Wildman–Crippen LogP) is 3.86. The lowest BCUT2D eigenvalue weighted by Gasteiger charge is -2.09. The standard InChI is InChI=1S/C18H20F2N4/c1-11(17-15(19)5-4-6-16(17)20)7-8-22-13(3)14(9-21)18-12(2)10-23-24-18/h4-6,9-10H,1,7-8,21H2,2-3H3,(H,23,24)/b14-9+,22-13?. The molecule has 0 bridgehead atoms.